The van der Waals surface area contributed by atoms with Crippen molar-refractivity contribution in [3.05, 3.63) is 77.9 Å². The maximum Gasteiger partial charge on any atom is 0.513 e. The first-order valence-corrected chi connectivity index (χ1v) is 12.6. The zero-order chi connectivity index (χ0) is 27.7. The number of hydrogen-bond acceptors (Lipinski definition) is 9. The zero-order valence-corrected chi connectivity index (χ0v) is 22.0. The second-order valence-electron chi connectivity index (χ2n) is 7.76. The summed E-state index contributed by atoms with van der Waals surface area (Å²) in [5.41, 5.74) is 3.93. The predicted octanol–water partition coefficient (Wildman–Crippen LogP) is 3.50. The van der Waals surface area contributed by atoms with Crippen molar-refractivity contribution in [2.45, 2.75) is 11.8 Å². The molecule has 0 unspecified atom stereocenters. The van der Waals surface area contributed by atoms with Crippen molar-refractivity contribution in [2.24, 2.45) is 5.10 Å². The van der Waals surface area contributed by atoms with Gasteiger partial charge < -0.3 is 18.9 Å². The SMILES string of the molecule is COC(=O)Oc1ccc(/C=N\NC(=O)CN(c2ccccc2OC)S(=O)(=O)c2ccc(C)cc2)cc1OC. The van der Waals surface area contributed by atoms with E-state index >= 15 is 0 Å². The van der Waals surface area contributed by atoms with Gasteiger partial charge in [0.05, 0.1) is 38.1 Å². The number of carbonyl (C=O) groups excluding carboxylic acids is 2. The second-order valence-corrected chi connectivity index (χ2v) is 9.62. The third-order valence-electron chi connectivity index (χ3n) is 5.20. The number of carbonyl (C=O) groups is 2. The molecule has 0 aliphatic heterocycles. The van der Waals surface area contributed by atoms with E-state index in [1.165, 1.54) is 51.8 Å². The summed E-state index contributed by atoms with van der Waals surface area (Å²) in [6, 6.07) is 17.4. The summed E-state index contributed by atoms with van der Waals surface area (Å²) in [7, 11) is -0.145. The number of hydrazone groups is 1. The minimum Gasteiger partial charge on any atom is -0.495 e. The summed E-state index contributed by atoms with van der Waals surface area (Å²) in [4.78, 5) is 24.2. The van der Waals surface area contributed by atoms with Gasteiger partial charge in [0.15, 0.2) is 11.5 Å². The van der Waals surface area contributed by atoms with Crippen molar-refractivity contribution in [3.8, 4) is 17.2 Å². The average Bonchev–Trinajstić information content (AvgIpc) is 2.92. The lowest BCUT2D eigenvalue weighted by Gasteiger charge is -2.25. The van der Waals surface area contributed by atoms with E-state index in [2.05, 4.69) is 15.3 Å². The molecular weight excluding hydrogens is 514 g/mol. The molecule has 1 N–H and O–H groups in total. The number of benzene rings is 3. The molecule has 3 rings (SSSR count). The van der Waals surface area contributed by atoms with Gasteiger partial charge in [-0.25, -0.2) is 18.6 Å². The molecule has 3 aromatic rings. The number of anilines is 1. The molecule has 11 nitrogen and oxygen atoms in total. The Labute approximate surface area is 220 Å². The first-order valence-electron chi connectivity index (χ1n) is 11.2. The van der Waals surface area contributed by atoms with Crippen LogP contribution in [0, 0.1) is 6.92 Å². The summed E-state index contributed by atoms with van der Waals surface area (Å²) in [5, 5.41) is 3.91. The molecule has 0 saturated carbocycles. The first kappa shape index (κ1) is 28.0. The number of aryl methyl sites for hydroxylation is 1. The Balaban J connectivity index is 1.82. The Morgan fingerprint density at radius 1 is 0.921 bits per heavy atom. The van der Waals surface area contributed by atoms with E-state index in [1.54, 1.807) is 42.5 Å². The quantitative estimate of drug-likeness (QED) is 0.178. The molecule has 0 fully saturated rings. The van der Waals surface area contributed by atoms with Crippen LogP contribution in [0.25, 0.3) is 0 Å². The van der Waals surface area contributed by atoms with Gasteiger partial charge in [-0.15, -0.1) is 0 Å². The van der Waals surface area contributed by atoms with Gasteiger partial charge in [-0.3, -0.25) is 9.10 Å². The van der Waals surface area contributed by atoms with Crippen molar-refractivity contribution in [2.75, 3.05) is 32.2 Å². The van der Waals surface area contributed by atoms with Crippen LogP contribution >= 0.6 is 0 Å². The number of methoxy groups -OCH3 is 3. The Kier molecular flexibility index (Phi) is 9.28. The fourth-order valence-electron chi connectivity index (χ4n) is 3.30. The normalized spacial score (nSPS) is 11.1. The van der Waals surface area contributed by atoms with Crippen molar-refractivity contribution >= 4 is 34.0 Å². The van der Waals surface area contributed by atoms with E-state index in [9.17, 15) is 18.0 Å². The van der Waals surface area contributed by atoms with Gasteiger partial charge in [0.2, 0.25) is 0 Å². The van der Waals surface area contributed by atoms with E-state index in [0.717, 1.165) is 9.87 Å². The van der Waals surface area contributed by atoms with Crippen LogP contribution in [0.1, 0.15) is 11.1 Å². The number of sulfonamides is 1. The van der Waals surface area contributed by atoms with Gasteiger partial charge in [0.1, 0.15) is 12.3 Å². The maximum absolute atomic E-state index is 13.5. The Morgan fingerprint density at radius 2 is 1.61 bits per heavy atom. The number of ether oxygens (including phenoxy) is 4. The Hall–Kier alpha value is -4.58. The van der Waals surface area contributed by atoms with Crippen molar-refractivity contribution in [1.29, 1.82) is 0 Å². The number of amides is 1. The average molecular weight is 542 g/mol. The molecule has 0 saturated heterocycles. The van der Waals surface area contributed by atoms with Gasteiger partial charge in [-0.2, -0.15) is 5.10 Å². The number of nitrogens with zero attached hydrogens (tertiary/aromatic N) is 2. The molecule has 0 atom stereocenters. The van der Waals surface area contributed by atoms with Crippen LogP contribution in [0.3, 0.4) is 0 Å². The topological polar surface area (TPSA) is 133 Å². The molecule has 200 valence electrons. The molecule has 38 heavy (non-hydrogen) atoms. The summed E-state index contributed by atoms with van der Waals surface area (Å²) in [5.74, 6) is -0.0483. The van der Waals surface area contributed by atoms with E-state index < -0.39 is 28.6 Å². The van der Waals surface area contributed by atoms with Crippen LogP contribution in [0.4, 0.5) is 10.5 Å². The summed E-state index contributed by atoms with van der Waals surface area (Å²) in [6.45, 7) is 1.28. The van der Waals surface area contributed by atoms with Crippen LogP contribution in [-0.4, -0.2) is 54.6 Å². The summed E-state index contributed by atoms with van der Waals surface area (Å²) < 4.78 is 48.0. The molecule has 0 aliphatic rings. The van der Waals surface area contributed by atoms with E-state index in [0.29, 0.717) is 5.56 Å². The molecule has 0 spiro atoms. The lowest BCUT2D eigenvalue weighted by Crippen LogP contribution is -2.39. The summed E-state index contributed by atoms with van der Waals surface area (Å²) in [6.07, 6.45) is 0.418. The molecule has 0 radical (unpaired) electrons. The highest BCUT2D eigenvalue weighted by atomic mass is 32.2. The largest absolute Gasteiger partial charge is 0.513 e. The number of para-hydroxylation sites is 2. The minimum atomic E-state index is -4.13. The van der Waals surface area contributed by atoms with Crippen molar-refractivity contribution in [3.63, 3.8) is 0 Å². The lowest BCUT2D eigenvalue weighted by atomic mass is 10.2. The van der Waals surface area contributed by atoms with Crippen LogP contribution < -0.4 is 23.9 Å². The van der Waals surface area contributed by atoms with Gasteiger partial charge in [-0.05, 0) is 55.0 Å². The third-order valence-corrected chi connectivity index (χ3v) is 6.97. The minimum absolute atomic E-state index is 0.0201. The highest BCUT2D eigenvalue weighted by Gasteiger charge is 2.29. The van der Waals surface area contributed by atoms with Crippen LogP contribution in [0.5, 0.6) is 17.2 Å². The van der Waals surface area contributed by atoms with Crippen molar-refractivity contribution in [1.82, 2.24) is 5.43 Å². The van der Waals surface area contributed by atoms with E-state index in [-0.39, 0.29) is 27.8 Å². The highest BCUT2D eigenvalue weighted by Crippen LogP contribution is 2.32. The smallest absolute Gasteiger partial charge is 0.495 e. The standard InChI is InChI=1S/C26H27N3O8S/c1-18-9-12-20(13-10-18)38(32,33)29(21-7-5-6-8-22(21)34-2)17-25(30)28-27-16-19-11-14-23(24(15-19)35-3)37-26(31)36-4/h5-16H,17H2,1-4H3,(H,28,30)/b27-16-. The first-order chi connectivity index (χ1) is 18.2. The molecule has 0 bridgehead atoms. The van der Waals surface area contributed by atoms with Gasteiger partial charge >= 0.3 is 6.16 Å². The fraction of sp³-hybridized carbons (Fsp3) is 0.192. The third kappa shape index (κ3) is 6.79. The fourth-order valence-corrected chi connectivity index (χ4v) is 4.73. The molecular formula is C26H27N3O8S. The maximum atomic E-state index is 13.5. The summed E-state index contributed by atoms with van der Waals surface area (Å²) >= 11 is 0. The number of nitrogens with one attached hydrogen (secondary N) is 1. The number of rotatable bonds is 10. The molecule has 0 aromatic heterocycles. The van der Waals surface area contributed by atoms with Crippen molar-refractivity contribution < 1.29 is 37.0 Å². The van der Waals surface area contributed by atoms with Crippen LogP contribution in [0.15, 0.2) is 76.7 Å². The second kappa shape index (κ2) is 12.6. The molecule has 1 amide bonds. The van der Waals surface area contributed by atoms with Crippen LogP contribution in [0.2, 0.25) is 0 Å². The zero-order valence-electron chi connectivity index (χ0n) is 21.2. The molecule has 12 heteroatoms. The van der Waals surface area contributed by atoms with Gasteiger partial charge in [0, 0.05) is 0 Å². The van der Waals surface area contributed by atoms with Gasteiger partial charge in [-0.1, -0.05) is 29.8 Å². The molecule has 0 heterocycles. The van der Waals surface area contributed by atoms with E-state index in [4.69, 9.17) is 14.2 Å². The van der Waals surface area contributed by atoms with E-state index in [1.807, 2.05) is 6.92 Å². The monoisotopic (exact) mass is 541 g/mol. The van der Waals surface area contributed by atoms with Gasteiger partial charge in [0.25, 0.3) is 15.9 Å². The molecule has 3 aromatic carbocycles. The lowest BCUT2D eigenvalue weighted by molar-refractivity contribution is -0.119. The molecule has 0 aliphatic carbocycles. The highest BCUT2D eigenvalue weighted by molar-refractivity contribution is 7.92. The Bertz CT molecular complexity index is 1420. The Morgan fingerprint density at radius 3 is 2.26 bits per heavy atom. The van der Waals surface area contributed by atoms with Crippen LogP contribution in [-0.2, 0) is 19.6 Å². The number of hydrogen-bond donors (Lipinski definition) is 1. The predicted molar refractivity (Wildman–Crippen MR) is 140 cm³/mol.